The molecule has 1 saturated heterocycles. The van der Waals surface area contributed by atoms with Gasteiger partial charge in [0.05, 0.1) is 34.7 Å². The Bertz CT molecular complexity index is 1320. The minimum atomic E-state index is -4.38. The molecule has 3 aromatic rings. The van der Waals surface area contributed by atoms with Crippen LogP contribution in [0.1, 0.15) is 42.9 Å². The lowest BCUT2D eigenvalue weighted by atomic mass is 9.74. The van der Waals surface area contributed by atoms with Gasteiger partial charge in [0, 0.05) is 34.3 Å². The van der Waals surface area contributed by atoms with Gasteiger partial charge in [0.25, 0.3) is 0 Å². The van der Waals surface area contributed by atoms with Gasteiger partial charge in [-0.05, 0) is 75.2 Å². The second-order valence-corrected chi connectivity index (χ2v) is 11.3. The van der Waals surface area contributed by atoms with E-state index in [0.29, 0.717) is 70.4 Å². The fraction of sp³-hybridized carbons (Fsp3) is 0.429. The maximum absolute atomic E-state index is 13.0. The highest BCUT2D eigenvalue weighted by molar-refractivity contribution is 7.99. The van der Waals surface area contributed by atoms with E-state index in [1.54, 1.807) is 31.4 Å². The number of aliphatic hydroxyl groups is 1. The molecule has 1 atom stereocenters. The maximum atomic E-state index is 13.0. The highest BCUT2D eigenvalue weighted by Gasteiger charge is 2.41. The number of aromatic nitrogens is 1. The van der Waals surface area contributed by atoms with Gasteiger partial charge in [-0.25, -0.2) is 0 Å². The van der Waals surface area contributed by atoms with Crippen LogP contribution in [0, 0.1) is 5.41 Å². The third kappa shape index (κ3) is 6.98. The van der Waals surface area contributed by atoms with Gasteiger partial charge < -0.3 is 19.8 Å². The highest BCUT2D eigenvalue weighted by atomic mass is 35.5. The molecule has 1 aliphatic rings. The van der Waals surface area contributed by atoms with Crippen LogP contribution in [0.15, 0.2) is 53.6 Å². The zero-order valence-corrected chi connectivity index (χ0v) is 23.0. The van der Waals surface area contributed by atoms with Gasteiger partial charge in [-0.3, -0.25) is 9.78 Å². The number of ether oxygens (including phenoxy) is 1. The van der Waals surface area contributed by atoms with Crippen molar-refractivity contribution in [3.8, 4) is 5.75 Å². The van der Waals surface area contributed by atoms with Gasteiger partial charge in [0.15, 0.2) is 0 Å². The summed E-state index contributed by atoms with van der Waals surface area (Å²) in [6.07, 6.45) is -2.54. The number of pyridine rings is 1. The lowest BCUT2D eigenvalue weighted by Gasteiger charge is -2.39. The van der Waals surface area contributed by atoms with Crippen LogP contribution in [0.4, 0.5) is 13.2 Å². The van der Waals surface area contributed by atoms with Crippen molar-refractivity contribution in [1.82, 2.24) is 9.88 Å². The van der Waals surface area contributed by atoms with E-state index in [1.807, 2.05) is 0 Å². The van der Waals surface area contributed by atoms with Crippen LogP contribution in [-0.2, 0) is 11.0 Å². The molecule has 39 heavy (non-hydrogen) atoms. The number of hydrogen-bond acceptors (Lipinski definition) is 6. The molecule has 2 N–H and O–H groups in total. The third-order valence-corrected chi connectivity index (χ3v) is 8.68. The molecule has 0 spiro atoms. The number of carboxylic acids is 1. The number of methoxy groups -OCH3 is 1. The Morgan fingerprint density at radius 2 is 1.97 bits per heavy atom. The van der Waals surface area contributed by atoms with E-state index < -0.39 is 29.2 Å². The summed E-state index contributed by atoms with van der Waals surface area (Å²) in [6, 6.07) is 10.6. The molecular formula is C28H30ClF3N2O4S. The number of alkyl halides is 3. The SMILES string of the molecule is COc1ccc2ncc(Cl)c([C@@H](O)CCC3(C(=O)O)CCN(CCSc4cccc(C(F)(F)F)c4)CC3)c2c1. The maximum Gasteiger partial charge on any atom is 0.416 e. The molecule has 0 unspecified atom stereocenters. The molecule has 11 heteroatoms. The van der Waals surface area contributed by atoms with E-state index in [0.717, 1.165) is 12.1 Å². The summed E-state index contributed by atoms with van der Waals surface area (Å²) in [5, 5.41) is 22.2. The number of benzene rings is 2. The molecule has 2 heterocycles. The number of nitrogens with zero attached hydrogens (tertiary/aromatic N) is 2. The Labute approximate surface area is 234 Å². The first-order valence-corrected chi connectivity index (χ1v) is 13.9. The Hall–Kier alpha value is -2.53. The van der Waals surface area contributed by atoms with Crippen LogP contribution in [0.3, 0.4) is 0 Å². The molecule has 210 valence electrons. The average Bonchev–Trinajstić information content (AvgIpc) is 2.91. The van der Waals surface area contributed by atoms with Gasteiger partial charge >= 0.3 is 12.1 Å². The predicted octanol–water partition coefficient (Wildman–Crippen LogP) is 6.69. The molecule has 0 radical (unpaired) electrons. The second kappa shape index (κ2) is 12.3. The number of fused-ring (bicyclic) bond motifs is 1. The topological polar surface area (TPSA) is 82.9 Å². The summed E-state index contributed by atoms with van der Waals surface area (Å²) in [6.45, 7) is 1.75. The van der Waals surface area contributed by atoms with Crippen LogP contribution >= 0.6 is 23.4 Å². The van der Waals surface area contributed by atoms with Crippen molar-refractivity contribution in [3.05, 3.63) is 64.8 Å². The van der Waals surface area contributed by atoms with Crippen molar-refractivity contribution < 1.29 is 32.9 Å². The number of halogens is 4. The number of likely N-dealkylation sites (tertiary alicyclic amines) is 1. The standard InChI is InChI=1S/C28H30ClF3N2O4S/c1-38-19-5-6-23-21(16-19)25(22(29)17-33-23)24(35)7-8-27(26(36)37)9-11-34(12-10-27)13-14-39-20-4-2-3-18(15-20)28(30,31)32/h2-6,15-17,24,35H,7-14H2,1H3,(H,36,37)/t24-/m0/s1. The van der Waals surface area contributed by atoms with E-state index in [1.165, 1.54) is 24.0 Å². The largest absolute Gasteiger partial charge is 0.497 e. The van der Waals surface area contributed by atoms with Crippen LogP contribution in [0.2, 0.25) is 5.02 Å². The molecule has 1 fully saturated rings. The first kappa shape index (κ1) is 29.5. The lowest BCUT2D eigenvalue weighted by Crippen LogP contribution is -2.45. The number of thioether (sulfide) groups is 1. The van der Waals surface area contributed by atoms with Gasteiger partial charge in [0.1, 0.15) is 5.75 Å². The number of rotatable bonds is 10. The predicted molar refractivity (Wildman–Crippen MR) is 145 cm³/mol. The summed E-state index contributed by atoms with van der Waals surface area (Å²) in [5.41, 5.74) is -0.485. The summed E-state index contributed by atoms with van der Waals surface area (Å²) in [5.74, 6) is 0.303. The zero-order valence-electron chi connectivity index (χ0n) is 21.4. The smallest absolute Gasteiger partial charge is 0.416 e. The van der Waals surface area contributed by atoms with Crippen molar-refractivity contribution >= 4 is 40.2 Å². The number of carbonyl (C=O) groups is 1. The highest BCUT2D eigenvalue weighted by Crippen LogP contribution is 2.41. The van der Waals surface area contributed by atoms with Crippen LogP contribution in [-0.4, -0.2) is 58.6 Å². The van der Waals surface area contributed by atoms with Crippen molar-refractivity contribution in [2.75, 3.05) is 32.5 Å². The number of hydrogen-bond donors (Lipinski definition) is 2. The van der Waals surface area contributed by atoms with E-state index in [-0.39, 0.29) is 12.8 Å². The third-order valence-electron chi connectivity index (χ3n) is 7.40. The molecule has 2 aromatic carbocycles. The number of aliphatic hydroxyl groups excluding tert-OH is 1. The van der Waals surface area contributed by atoms with Gasteiger partial charge in [-0.15, -0.1) is 11.8 Å². The molecule has 1 aliphatic heterocycles. The van der Waals surface area contributed by atoms with Gasteiger partial charge in [-0.2, -0.15) is 13.2 Å². The molecule has 6 nitrogen and oxygen atoms in total. The Morgan fingerprint density at radius 1 is 1.23 bits per heavy atom. The number of aliphatic carboxylic acids is 1. The quantitative estimate of drug-likeness (QED) is 0.258. The van der Waals surface area contributed by atoms with Crippen LogP contribution in [0.25, 0.3) is 10.9 Å². The van der Waals surface area contributed by atoms with Crippen LogP contribution < -0.4 is 4.74 Å². The Morgan fingerprint density at radius 3 is 2.64 bits per heavy atom. The van der Waals surface area contributed by atoms with Crippen molar-refractivity contribution in [3.63, 3.8) is 0 Å². The van der Waals surface area contributed by atoms with E-state index in [9.17, 15) is 28.2 Å². The Kier molecular flexibility index (Phi) is 9.31. The van der Waals surface area contributed by atoms with E-state index >= 15 is 0 Å². The minimum absolute atomic E-state index is 0.216. The summed E-state index contributed by atoms with van der Waals surface area (Å²) >= 11 is 7.76. The fourth-order valence-electron chi connectivity index (χ4n) is 5.02. The monoisotopic (exact) mass is 582 g/mol. The molecule has 4 rings (SSSR count). The first-order chi connectivity index (χ1) is 18.5. The molecule has 0 aliphatic carbocycles. The summed E-state index contributed by atoms with van der Waals surface area (Å²) < 4.78 is 44.2. The summed E-state index contributed by atoms with van der Waals surface area (Å²) in [7, 11) is 1.54. The molecule has 1 aromatic heterocycles. The second-order valence-electron chi connectivity index (χ2n) is 9.76. The van der Waals surface area contributed by atoms with Crippen molar-refractivity contribution in [2.24, 2.45) is 5.41 Å². The van der Waals surface area contributed by atoms with Gasteiger partial charge in [-0.1, -0.05) is 17.7 Å². The minimum Gasteiger partial charge on any atom is -0.497 e. The normalized spacial score (nSPS) is 16.8. The molecule has 0 saturated carbocycles. The Balaban J connectivity index is 1.35. The average molecular weight is 583 g/mol. The molecule has 0 bridgehead atoms. The first-order valence-electron chi connectivity index (χ1n) is 12.6. The lowest BCUT2D eigenvalue weighted by molar-refractivity contribution is -0.153. The fourth-order valence-corrected chi connectivity index (χ4v) is 6.27. The van der Waals surface area contributed by atoms with Crippen molar-refractivity contribution in [2.45, 2.75) is 42.9 Å². The number of piperidine rings is 1. The number of carboxylic acid groups (broad SMARTS) is 1. The zero-order chi connectivity index (χ0) is 28.2. The van der Waals surface area contributed by atoms with Crippen LogP contribution in [0.5, 0.6) is 5.75 Å². The van der Waals surface area contributed by atoms with E-state index in [4.69, 9.17) is 16.3 Å². The summed E-state index contributed by atoms with van der Waals surface area (Å²) in [4.78, 5) is 19.4. The molecule has 0 amide bonds. The van der Waals surface area contributed by atoms with E-state index in [2.05, 4.69) is 9.88 Å². The van der Waals surface area contributed by atoms with Crippen molar-refractivity contribution in [1.29, 1.82) is 0 Å². The van der Waals surface area contributed by atoms with Gasteiger partial charge in [0.2, 0.25) is 0 Å². The molecular weight excluding hydrogens is 553 g/mol.